The maximum Gasteiger partial charge on any atom is 0.401 e. The van der Waals surface area contributed by atoms with Crippen molar-refractivity contribution in [3.63, 3.8) is 0 Å². The van der Waals surface area contributed by atoms with E-state index in [2.05, 4.69) is 29.5 Å². The minimum atomic E-state index is -4.14. The number of likely N-dealkylation sites (tertiary alicyclic amines) is 1. The number of halogens is 3. The number of para-hydroxylation sites is 1. The van der Waals surface area contributed by atoms with Crippen molar-refractivity contribution in [3.8, 4) is 5.75 Å². The van der Waals surface area contributed by atoms with E-state index in [0.29, 0.717) is 25.6 Å². The van der Waals surface area contributed by atoms with Crippen LogP contribution in [0.15, 0.2) is 29.3 Å². The van der Waals surface area contributed by atoms with Crippen molar-refractivity contribution in [2.45, 2.75) is 44.5 Å². The monoisotopic (exact) mass is 398 g/mol. The first-order valence-corrected chi connectivity index (χ1v) is 9.69. The highest BCUT2D eigenvalue weighted by molar-refractivity contribution is 5.80. The van der Waals surface area contributed by atoms with Crippen LogP contribution in [0.3, 0.4) is 0 Å². The maximum atomic E-state index is 12.6. The lowest BCUT2D eigenvalue weighted by molar-refractivity contribution is -0.143. The van der Waals surface area contributed by atoms with Crippen LogP contribution in [0.1, 0.15) is 38.3 Å². The van der Waals surface area contributed by atoms with Crippen LogP contribution >= 0.6 is 0 Å². The van der Waals surface area contributed by atoms with E-state index in [9.17, 15) is 13.2 Å². The van der Waals surface area contributed by atoms with Gasteiger partial charge < -0.3 is 15.4 Å². The van der Waals surface area contributed by atoms with Gasteiger partial charge in [0, 0.05) is 32.1 Å². The summed E-state index contributed by atoms with van der Waals surface area (Å²) >= 11 is 0. The minimum absolute atomic E-state index is 0.0523. The summed E-state index contributed by atoms with van der Waals surface area (Å²) in [6, 6.07) is 8.00. The molecule has 2 heterocycles. The molecular formula is C20H29F3N4O. The van der Waals surface area contributed by atoms with E-state index < -0.39 is 12.7 Å². The van der Waals surface area contributed by atoms with E-state index in [4.69, 9.17) is 4.74 Å². The summed E-state index contributed by atoms with van der Waals surface area (Å²) in [6.45, 7) is 4.83. The SMILES string of the molecule is CN=C(NCC1CCN(CC(F)(F)F)C1)NC1CC(C)(C)Oc2ccccc21. The third kappa shape index (κ3) is 5.53. The first kappa shape index (κ1) is 20.8. The van der Waals surface area contributed by atoms with E-state index in [-0.39, 0.29) is 17.6 Å². The Balaban J connectivity index is 1.56. The Kier molecular flexibility index (Phi) is 6.07. The molecular weight excluding hydrogens is 369 g/mol. The highest BCUT2D eigenvalue weighted by Gasteiger charge is 2.35. The van der Waals surface area contributed by atoms with Crippen LogP contribution in [0.2, 0.25) is 0 Å². The number of nitrogens with one attached hydrogen (secondary N) is 2. The van der Waals surface area contributed by atoms with E-state index >= 15 is 0 Å². The second-order valence-corrected chi connectivity index (χ2v) is 8.26. The van der Waals surface area contributed by atoms with Crippen molar-refractivity contribution in [3.05, 3.63) is 29.8 Å². The van der Waals surface area contributed by atoms with Gasteiger partial charge in [-0.05, 0) is 38.8 Å². The van der Waals surface area contributed by atoms with Crippen LogP contribution in [-0.2, 0) is 0 Å². The van der Waals surface area contributed by atoms with Gasteiger partial charge in [-0.25, -0.2) is 0 Å². The molecule has 2 aliphatic heterocycles. The molecule has 0 aromatic heterocycles. The van der Waals surface area contributed by atoms with E-state index in [1.807, 2.05) is 24.3 Å². The van der Waals surface area contributed by atoms with Gasteiger partial charge in [0.15, 0.2) is 5.96 Å². The van der Waals surface area contributed by atoms with Crippen molar-refractivity contribution in [2.24, 2.45) is 10.9 Å². The van der Waals surface area contributed by atoms with Gasteiger partial charge in [-0.3, -0.25) is 9.89 Å². The number of hydrogen-bond donors (Lipinski definition) is 2. The zero-order valence-corrected chi connectivity index (χ0v) is 16.6. The molecule has 0 saturated carbocycles. The van der Waals surface area contributed by atoms with Crippen molar-refractivity contribution in [1.29, 1.82) is 0 Å². The van der Waals surface area contributed by atoms with Crippen LogP contribution < -0.4 is 15.4 Å². The van der Waals surface area contributed by atoms with Gasteiger partial charge in [0.25, 0.3) is 0 Å². The smallest absolute Gasteiger partial charge is 0.401 e. The van der Waals surface area contributed by atoms with Gasteiger partial charge in [-0.1, -0.05) is 18.2 Å². The summed E-state index contributed by atoms with van der Waals surface area (Å²) in [5.74, 6) is 1.70. The number of fused-ring (bicyclic) bond motifs is 1. The Morgan fingerprint density at radius 3 is 2.79 bits per heavy atom. The Morgan fingerprint density at radius 1 is 1.32 bits per heavy atom. The van der Waals surface area contributed by atoms with Crippen LogP contribution in [0.4, 0.5) is 13.2 Å². The van der Waals surface area contributed by atoms with Gasteiger partial charge >= 0.3 is 6.18 Å². The molecule has 0 spiro atoms. The van der Waals surface area contributed by atoms with Crippen molar-refractivity contribution < 1.29 is 17.9 Å². The highest BCUT2D eigenvalue weighted by atomic mass is 19.4. The maximum absolute atomic E-state index is 12.6. The molecule has 0 amide bonds. The Bertz CT molecular complexity index is 705. The number of rotatable bonds is 4. The first-order valence-electron chi connectivity index (χ1n) is 9.69. The molecule has 1 aromatic carbocycles. The lowest BCUT2D eigenvalue weighted by atomic mass is 9.90. The number of hydrogen-bond acceptors (Lipinski definition) is 3. The number of alkyl halides is 3. The van der Waals surface area contributed by atoms with Gasteiger partial charge in [0.1, 0.15) is 11.4 Å². The second kappa shape index (κ2) is 8.19. The average Bonchev–Trinajstić information content (AvgIpc) is 3.02. The van der Waals surface area contributed by atoms with Gasteiger partial charge in [0.2, 0.25) is 0 Å². The van der Waals surface area contributed by atoms with E-state index in [0.717, 1.165) is 24.2 Å². The van der Waals surface area contributed by atoms with Crippen molar-refractivity contribution >= 4 is 5.96 Å². The topological polar surface area (TPSA) is 48.9 Å². The largest absolute Gasteiger partial charge is 0.487 e. The zero-order chi connectivity index (χ0) is 20.4. The van der Waals surface area contributed by atoms with Crippen LogP contribution in [0.5, 0.6) is 5.75 Å². The van der Waals surface area contributed by atoms with Crippen molar-refractivity contribution in [2.75, 3.05) is 33.2 Å². The molecule has 156 valence electrons. The molecule has 1 saturated heterocycles. The molecule has 1 aromatic rings. The van der Waals surface area contributed by atoms with Crippen LogP contribution in [0, 0.1) is 5.92 Å². The molecule has 8 heteroatoms. The fourth-order valence-electron chi connectivity index (χ4n) is 4.01. The summed E-state index contributed by atoms with van der Waals surface area (Å²) in [5.41, 5.74) is 0.788. The van der Waals surface area contributed by atoms with Crippen LogP contribution in [-0.4, -0.2) is 55.9 Å². The number of nitrogens with zero attached hydrogens (tertiary/aromatic N) is 2. The first-order chi connectivity index (χ1) is 13.1. The van der Waals surface area contributed by atoms with Crippen molar-refractivity contribution in [1.82, 2.24) is 15.5 Å². The summed E-state index contributed by atoms with van der Waals surface area (Å²) in [4.78, 5) is 5.77. The molecule has 2 atom stereocenters. The molecule has 0 radical (unpaired) electrons. The molecule has 0 bridgehead atoms. The number of guanidine groups is 1. The summed E-state index contributed by atoms with van der Waals surface area (Å²) in [5, 5.41) is 6.75. The number of ether oxygens (including phenoxy) is 1. The Morgan fingerprint density at radius 2 is 2.07 bits per heavy atom. The molecule has 2 N–H and O–H groups in total. The zero-order valence-electron chi connectivity index (χ0n) is 16.6. The predicted molar refractivity (Wildman–Crippen MR) is 104 cm³/mol. The summed E-state index contributed by atoms with van der Waals surface area (Å²) in [7, 11) is 1.70. The van der Waals surface area contributed by atoms with E-state index in [1.165, 1.54) is 4.90 Å². The Labute approximate surface area is 164 Å². The molecule has 1 fully saturated rings. The molecule has 28 heavy (non-hydrogen) atoms. The molecule has 3 rings (SSSR count). The quantitative estimate of drug-likeness (QED) is 0.603. The standard InChI is InChI=1S/C20H29F3N4O/c1-19(2)10-16(15-6-4-5-7-17(15)28-19)26-18(24-3)25-11-14-8-9-27(12-14)13-20(21,22)23/h4-7,14,16H,8-13H2,1-3H3,(H2,24,25,26). The van der Waals surface area contributed by atoms with Gasteiger partial charge in [-0.15, -0.1) is 0 Å². The number of benzene rings is 1. The third-order valence-corrected chi connectivity index (χ3v) is 5.24. The third-order valence-electron chi connectivity index (χ3n) is 5.24. The lowest BCUT2D eigenvalue weighted by Gasteiger charge is -2.38. The lowest BCUT2D eigenvalue weighted by Crippen LogP contribution is -2.46. The summed E-state index contributed by atoms with van der Waals surface area (Å²) in [6.07, 6.45) is -2.59. The molecule has 2 unspecified atom stereocenters. The van der Waals surface area contributed by atoms with E-state index in [1.54, 1.807) is 7.05 Å². The normalized spacial score (nSPS) is 25.1. The number of aliphatic imine (C=N–C) groups is 1. The highest BCUT2D eigenvalue weighted by Crippen LogP contribution is 2.39. The Hall–Kier alpha value is -1.96. The molecule has 2 aliphatic rings. The summed E-state index contributed by atoms with van der Waals surface area (Å²) < 4.78 is 43.7. The van der Waals surface area contributed by atoms with Gasteiger partial charge in [0.05, 0.1) is 12.6 Å². The molecule has 0 aliphatic carbocycles. The average molecular weight is 398 g/mol. The second-order valence-electron chi connectivity index (χ2n) is 8.26. The fourth-order valence-corrected chi connectivity index (χ4v) is 4.01. The van der Waals surface area contributed by atoms with Crippen LogP contribution in [0.25, 0.3) is 0 Å². The van der Waals surface area contributed by atoms with Gasteiger partial charge in [-0.2, -0.15) is 13.2 Å². The minimum Gasteiger partial charge on any atom is -0.487 e. The molecule has 5 nitrogen and oxygen atoms in total. The fraction of sp³-hybridized carbons (Fsp3) is 0.650. The predicted octanol–water partition coefficient (Wildman–Crippen LogP) is 3.34.